The Morgan fingerprint density at radius 1 is 1.54 bits per heavy atom. The van der Waals surface area contributed by atoms with Crippen molar-refractivity contribution in [3.63, 3.8) is 0 Å². The smallest absolute Gasteiger partial charge is 0.153 e. The van der Waals surface area contributed by atoms with E-state index in [-0.39, 0.29) is 5.56 Å². The zero-order valence-electron chi connectivity index (χ0n) is 6.99. The zero-order chi connectivity index (χ0) is 9.42. The number of aldehydes is 1. The van der Waals surface area contributed by atoms with Gasteiger partial charge in [0.05, 0.1) is 17.3 Å². The lowest BCUT2D eigenvalue weighted by Gasteiger charge is -1.97. The molecule has 1 heterocycles. The quantitative estimate of drug-likeness (QED) is 0.620. The Kier molecular flexibility index (Phi) is 1.62. The first-order chi connectivity index (χ1) is 6.24. The van der Waals surface area contributed by atoms with Crippen molar-refractivity contribution < 1.29 is 9.18 Å². The second kappa shape index (κ2) is 2.65. The molecule has 0 bridgehead atoms. The fourth-order valence-corrected chi connectivity index (χ4v) is 1.34. The number of hydrogen-bond donors (Lipinski definition) is 0. The van der Waals surface area contributed by atoms with E-state index in [0.29, 0.717) is 11.7 Å². The Bertz CT molecular complexity index is 476. The average molecular weight is 178 g/mol. The molecule has 0 aliphatic heterocycles. The number of nitrogens with zero attached hydrogens (tertiary/aromatic N) is 2. The molecular formula is C9H7FN2O. The fourth-order valence-electron chi connectivity index (χ4n) is 1.34. The Morgan fingerprint density at radius 2 is 2.31 bits per heavy atom. The second-order valence-corrected chi connectivity index (χ2v) is 2.78. The summed E-state index contributed by atoms with van der Waals surface area (Å²) < 4.78 is 14.7. The van der Waals surface area contributed by atoms with Gasteiger partial charge in [0.25, 0.3) is 0 Å². The monoisotopic (exact) mass is 178 g/mol. The number of hydrogen-bond acceptors (Lipinski definition) is 2. The van der Waals surface area contributed by atoms with Crippen LogP contribution in [0.15, 0.2) is 18.3 Å². The first-order valence-electron chi connectivity index (χ1n) is 3.79. The summed E-state index contributed by atoms with van der Waals surface area (Å²) >= 11 is 0. The van der Waals surface area contributed by atoms with Gasteiger partial charge in [-0.2, -0.15) is 5.10 Å². The average Bonchev–Trinajstić information content (AvgIpc) is 2.48. The predicted octanol–water partition coefficient (Wildman–Crippen LogP) is 1.52. The molecule has 0 radical (unpaired) electrons. The summed E-state index contributed by atoms with van der Waals surface area (Å²) in [5.41, 5.74) is 0.828. The van der Waals surface area contributed by atoms with Crippen LogP contribution in [-0.2, 0) is 7.05 Å². The molecule has 2 aromatic rings. The molecule has 66 valence electrons. The Balaban J connectivity index is 2.92. The number of carbonyl (C=O) groups excluding carboxylic acids is 1. The van der Waals surface area contributed by atoms with E-state index in [4.69, 9.17) is 0 Å². The van der Waals surface area contributed by atoms with E-state index in [1.165, 1.54) is 12.3 Å². The fraction of sp³-hybridized carbons (Fsp3) is 0.111. The van der Waals surface area contributed by atoms with Crippen LogP contribution in [0.25, 0.3) is 10.9 Å². The van der Waals surface area contributed by atoms with Crippen molar-refractivity contribution in [1.82, 2.24) is 9.78 Å². The molecule has 3 nitrogen and oxygen atoms in total. The third-order valence-electron chi connectivity index (χ3n) is 2.04. The third-order valence-corrected chi connectivity index (χ3v) is 2.04. The highest BCUT2D eigenvalue weighted by Crippen LogP contribution is 2.18. The van der Waals surface area contributed by atoms with Crippen molar-refractivity contribution in [1.29, 1.82) is 0 Å². The molecule has 0 aliphatic carbocycles. The highest BCUT2D eigenvalue weighted by molar-refractivity contribution is 5.96. The maximum atomic E-state index is 13.1. The SMILES string of the molecule is Cn1ncc2c(C=O)c(F)ccc21. The highest BCUT2D eigenvalue weighted by Gasteiger charge is 2.08. The standard InChI is InChI=1S/C9H7FN2O/c1-12-9-3-2-8(10)7(5-13)6(9)4-11-12/h2-5H,1H3. The van der Waals surface area contributed by atoms with Crippen LogP contribution >= 0.6 is 0 Å². The van der Waals surface area contributed by atoms with Crippen molar-refractivity contribution in [3.8, 4) is 0 Å². The van der Waals surface area contributed by atoms with Crippen LogP contribution in [-0.4, -0.2) is 16.1 Å². The first-order valence-corrected chi connectivity index (χ1v) is 3.79. The van der Waals surface area contributed by atoms with Gasteiger partial charge in [0.2, 0.25) is 0 Å². The molecule has 0 spiro atoms. The van der Waals surface area contributed by atoms with Gasteiger partial charge in [-0.25, -0.2) is 4.39 Å². The molecule has 1 aromatic carbocycles. The molecule has 2 rings (SSSR count). The van der Waals surface area contributed by atoms with Crippen molar-refractivity contribution in [3.05, 3.63) is 29.7 Å². The van der Waals surface area contributed by atoms with Gasteiger partial charge in [0.1, 0.15) is 5.82 Å². The molecule has 0 atom stereocenters. The predicted molar refractivity (Wildman–Crippen MR) is 46.1 cm³/mol. The van der Waals surface area contributed by atoms with Gasteiger partial charge in [-0.15, -0.1) is 0 Å². The minimum absolute atomic E-state index is 0.0746. The lowest BCUT2D eigenvalue weighted by Crippen LogP contribution is -1.91. The van der Waals surface area contributed by atoms with Gasteiger partial charge in [-0.1, -0.05) is 0 Å². The molecule has 0 unspecified atom stereocenters. The number of fused-ring (bicyclic) bond motifs is 1. The summed E-state index contributed by atoms with van der Waals surface area (Å²) in [7, 11) is 1.74. The molecule has 1 aromatic heterocycles. The lowest BCUT2D eigenvalue weighted by molar-refractivity contribution is 0.112. The van der Waals surface area contributed by atoms with E-state index in [0.717, 1.165) is 5.52 Å². The first kappa shape index (κ1) is 7.91. The van der Waals surface area contributed by atoms with Crippen LogP contribution in [0, 0.1) is 5.82 Å². The van der Waals surface area contributed by atoms with Crippen molar-refractivity contribution in [2.45, 2.75) is 0 Å². The molecule has 13 heavy (non-hydrogen) atoms. The summed E-state index contributed by atoms with van der Waals surface area (Å²) in [4.78, 5) is 10.6. The summed E-state index contributed by atoms with van der Waals surface area (Å²) in [5, 5.41) is 4.49. The second-order valence-electron chi connectivity index (χ2n) is 2.78. The maximum Gasteiger partial charge on any atom is 0.153 e. The van der Waals surface area contributed by atoms with Gasteiger partial charge in [-0.3, -0.25) is 9.48 Å². The minimum Gasteiger partial charge on any atom is -0.298 e. The number of aryl methyl sites for hydroxylation is 1. The Labute approximate surface area is 73.8 Å². The van der Waals surface area contributed by atoms with Crippen LogP contribution in [0.4, 0.5) is 4.39 Å². The van der Waals surface area contributed by atoms with Crippen molar-refractivity contribution in [2.75, 3.05) is 0 Å². The molecular weight excluding hydrogens is 171 g/mol. The maximum absolute atomic E-state index is 13.1. The molecule has 4 heteroatoms. The van der Waals surface area contributed by atoms with Crippen LogP contribution in [0.1, 0.15) is 10.4 Å². The zero-order valence-corrected chi connectivity index (χ0v) is 6.99. The largest absolute Gasteiger partial charge is 0.298 e. The van der Waals surface area contributed by atoms with Gasteiger partial charge in [0, 0.05) is 12.4 Å². The van der Waals surface area contributed by atoms with Crippen molar-refractivity contribution in [2.24, 2.45) is 7.05 Å². The van der Waals surface area contributed by atoms with E-state index in [1.54, 1.807) is 17.8 Å². The van der Waals surface area contributed by atoms with Crippen molar-refractivity contribution >= 4 is 17.2 Å². The molecule has 0 saturated heterocycles. The molecule has 0 amide bonds. The van der Waals surface area contributed by atoms with Crippen LogP contribution in [0.2, 0.25) is 0 Å². The van der Waals surface area contributed by atoms with E-state index in [9.17, 15) is 9.18 Å². The highest BCUT2D eigenvalue weighted by atomic mass is 19.1. The summed E-state index contributed by atoms with van der Waals surface area (Å²) in [5.74, 6) is -0.504. The molecule has 0 fully saturated rings. The minimum atomic E-state index is -0.504. The summed E-state index contributed by atoms with van der Waals surface area (Å²) in [6.07, 6.45) is 2.00. The number of rotatable bonds is 1. The normalized spacial score (nSPS) is 10.6. The van der Waals surface area contributed by atoms with Crippen LogP contribution in [0.5, 0.6) is 0 Å². The molecule has 0 saturated carbocycles. The number of carbonyl (C=O) groups is 1. The van der Waals surface area contributed by atoms with Crippen LogP contribution < -0.4 is 0 Å². The third kappa shape index (κ3) is 1.02. The van der Waals surface area contributed by atoms with E-state index >= 15 is 0 Å². The summed E-state index contributed by atoms with van der Waals surface area (Å²) in [6.45, 7) is 0. The Hall–Kier alpha value is -1.71. The van der Waals surface area contributed by atoms with Gasteiger partial charge in [-0.05, 0) is 12.1 Å². The van der Waals surface area contributed by atoms with Gasteiger partial charge >= 0.3 is 0 Å². The van der Waals surface area contributed by atoms with E-state index in [1.807, 2.05) is 0 Å². The van der Waals surface area contributed by atoms with Crippen LogP contribution in [0.3, 0.4) is 0 Å². The topological polar surface area (TPSA) is 34.9 Å². The van der Waals surface area contributed by atoms with Gasteiger partial charge in [0.15, 0.2) is 6.29 Å². The molecule has 0 aliphatic rings. The van der Waals surface area contributed by atoms with Gasteiger partial charge < -0.3 is 0 Å². The molecule has 0 N–H and O–H groups in total. The number of aromatic nitrogens is 2. The number of benzene rings is 1. The van der Waals surface area contributed by atoms with E-state index in [2.05, 4.69) is 5.10 Å². The van der Waals surface area contributed by atoms with E-state index < -0.39 is 5.82 Å². The Morgan fingerprint density at radius 3 is 3.00 bits per heavy atom. The lowest BCUT2D eigenvalue weighted by atomic mass is 10.1. The summed E-state index contributed by atoms with van der Waals surface area (Å²) in [6, 6.07) is 2.87. The number of halogens is 1.